The van der Waals surface area contributed by atoms with Gasteiger partial charge in [-0.05, 0) is 18.1 Å². The van der Waals surface area contributed by atoms with E-state index in [0.717, 1.165) is 24.2 Å². The average Bonchev–Trinajstić information content (AvgIpc) is 2.64. The maximum absolute atomic E-state index is 12.5. The van der Waals surface area contributed by atoms with Gasteiger partial charge in [0.1, 0.15) is 6.04 Å². The summed E-state index contributed by atoms with van der Waals surface area (Å²) < 4.78 is 5.30. The maximum atomic E-state index is 12.5. The second-order valence-electron chi connectivity index (χ2n) is 6.29. The van der Waals surface area contributed by atoms with Crippen LogP contribution in [0.15, 0.2) is 24.3 Å². The molecular formula is C18H24N4O2. The van der Waals surface area contributed by atoms with Gasteiger partial charge in [0.2, 0.25) is 0 Å². The predicted molar refractivity (Wildman–Crippen MR) is 90.5 cm³/mol. The van der Waals surface area contributed by atoms with Gasteiger partial charge >= 0.3 is 6.03 Å². The molecule has 1 aromatic carbocycles. The molecule has 2 aliphatic heterocycles. The van der Waals surface area contributed by atoms with Crippen molar-refractivity contribution in [1.82, 2.24) is 14.7 Å². The lowest BCUT2D eigenvalue weighted by Gasteiger charge is -2.40. The highest BCUT2D eigenvalue weighted by molar-refractivity contribution is 5.74. The van der Waals surface area contributed by atoms with Crippen LogP contribution in [0.5, 0.6) is 0 Å². The Hall–Kier alpha value is -2.10. The Bertz CT molecular complexity index is 614. The van der Waals surface area contributed by atoms with Crippen molar-refractivity contribution >= 4 is 6.03 Å². The molecule has 1 atom stereocenters. The van der Waals surface area contributed by atoms with Crippen LogP contribution in [-0.2, 0) is 4.74 Å². The van der Waals surface area contributed by atoms with E-state index < -0.39 is 0 Å². The molecule has 0 bridgehead atoms. The molecule has 2 heterocycles. The number of nitrogens with zero attached hydrogens (tertiary/aromatic N) is 4. The van der Waals surface area contributed by atoms with Crippen molar-refractivity contribution in [2.45, 2.75) is 13.0 Å². The first-order valence-electron chi connectivity index (χ1n) is 8.51. The van der Waals surface area contributed by atoms with Crippen LogP contribution in [0.4, 0.5) is 4.79 Å². The maximum Gasteiger partial charge on any atom is 0.320 e. The lowest BCUT2D eigenvalue weighted by atomic mass is 10.0. The van der Waals surface area contributed by atoms with Crippen LogP contribution in [0.25, 0.3) is 0 Å². The molecule has 2 amide bonds. The molecule has 1 aromatic rings. The fourth-order valence-corrected chi connectivity index (χ4v) is 3.37. The molecule has 0 saturated carbocycles. The molecule has 6 nitrogen and oxygen atoms in total. The first-order chi connectivity index (χ1) is 11.7. The summed E-state index contributed by atoms with van der Waals surface area (Å²) in [6.07, 6.45) is 0. The average molecular weight is 328 g/mol. The summed E-state index contributed by atoms with van der Waals surface area (Å²) >= 11 is 0. The van der Waals surface area contributed by atoms with Gasteiger partial charge in [-0.2, -0.15) is 5.26 Å². The minimum Gasteiger partial charge on any atom is -0.378 e. The number of hydrogen-bond acceptors (Lipinski definition) is 4. The molecule has 128 valence electrons. The smallest absolute Gasteiger partial charge is 0.320 e. The molecule has 1 unspecified atom stereocenters. The van der Waals surface area contributed by atoms with Crippen LogP contribution in [0.1, 0.15) is 17.2 Å². The monoisotopic (exact) mass is 328 g/mol. The molecule has 2 fully saturated rings. The van der Waals surface area contributed by atoms with Crippen LogP contribution in [0.3, 0.4) is 0 Å². The van der Waals surface area contributed by atoms with Gasteiger partial charge in [0.05, 0.1) is 19.3 Å². The number of rotatable bonds is 2. The molecule has 2 saturated heterocycles. The van der Waals surface area contributed by atoms with E-state index in [4.69, 9.17) is 4.74 Å². The van der Waals surface area contributed by atoms with Crippen molar-refractivity contribution < 1.29 is 9.53 Å². The number of nitriles is 1. The molecule has 0 aromatic heterocycles. The van der Waals surface area contributed by atoms with E-state index in [1.165, 1.54) is 0 Å². The number of ether oxygens (including phenoxy) is 1. The van der Waals surface area contributed by atoms with E-state index in [1.807, 2.05) is 41.0 Å². The number of carbonyl (C=O) groups is 1. The Morgan fingerprint density at radius 1 is 1.08 bits per heavy atom. The SMILES string of the molecule is Cc1ccccc1C(C#N)N1CCN(C(=O)N2CCOCC2)CC1. The Labute approximate surface area is 143 Å². The topological polar surface area (TPSA) is 59.8 Å². The van der Waals surface area contributed by atoms with Gasteiger partial charge in [-0.15, -0.1) is 0 Å². The molecule has 2 aliphatic rings. The third-order valence-corrected chi connectivity index (χ3v) is 4.84. The number of carbonyl (C=O) groups excluding carboxylic acids is 1. The number of hydrogen-bond donors (Lipinski definition) is 0. The minimum absolute atomic E-state index is 0.0994. The highest BCUT2D eigenvalue weighted by atomic mass is 16.5. The second kappa shape index (κ2) is 7.65. The van der Waals surface area contributed by atoms with Gasteiger partial charge in [-0.25, -0.2) is 4.79 Å². The van der Waals surface area contributed by atoms with Gasteiger partial charge in [0, 0.05) is 39.3 Å². The molecule has 0 radical (unpaired) electrons. The van der Waals surface area contributed by atoms with Gasteiger partial charge < -0.3 is 14.5 Å². The van der Waals surface area contributed by atoms with Gasteiger partial charge in [-0.1, -0.05) is 24.3 Å². The molecule has 0 N–H and O–H groups in total. The summed E-state index contributed by atoms with van der Waals surface area (Å²) in [4.78, 5) is 18.5. The fraction of sp³-hybridized carbons (Fsp3) is 0.556. The number of benzene rings is 1. The summed E-state index contributed by atoms with van der Waals surface area (Å²) in [5.74, 6) is 0. The van der Waals surface area contributed by atoms with Crippen molar-refractivity contribution in [1.29, 1.82) is 5.26 Å². The lowest BCUT2D eigenvalue weighted by molar-refractivity contribution is 0.0363. The van der Waals surface area contributed by atoms with Crippen LogP contribution < -0.4 is 0 Å². The zero-order valence-electron chi connectivity index (χ0n) is 14.1. The van der Waals surface area contributed by atoms with Crippen LogP contribution in [-0.4, -0.2) is 73.2 Å². The Morgan fingerprint density at radius 3 is 2.33 bits per heavy atom. The highest BCUT2D eigenvalue weighted by Gasteiger charge is 2.30. The third kappa shape index (κ3) is 3.53. The minimum atomic E-state index is -0.244. The number of morpholine rings is 1. The number of urea groups is 1. The third-order valence-electron chi connectivity index (χ3n) is 4.84. The number of amides is 2. The Kier molecular flexibility index (Phi) is 5.34. The van der Waals surface area contributed by atoms with Crippen LogP contribution >= 0.6 is 0 Å². The van der Waals surface area contributed by atoms with E-state index in [1.54, 1.807) is 0 Å². The van der Waals surface area contributed by atoms with Crippen molar-refractivity contribution in [3.63, 3.8) is 0 Å². The van der Waals surface area contributed by atoms with E-state index in [0.29, 0.717) is 39.4 Å². The lowest BCUT2D eigenvalue weighted by Crippen LogP contribution is -2.55. The summed E-state index contributed by atoms with van der Waals surface area (Å²) in [5.41, 5.74) is 2.20. The summed E-state index contributed by atoms with van der Waals surface area (Å²) in [5, 5.41) is 9.64. The quantitative estimate of drug-likeness (QED) is 0.828. The van der Waals surface area contributed by atoms with Crippen molar-refractivity contribution in [2.75, 3.05) is 52.5 Å². The molecule has 24 heavy (non-hydrogen) atoms. The summed E-state index contributed by atoms with van der Waals surface area (Å²) in [6, 6.07) is 10.3. The Balaban J connectivity index is 1.61. The zero-order chi connectivity index (χ0) is 16.9. The normalized spacial score (nSPS) is 20.5. The van der Waals surface area contributed by atoms with E-state index in [2.05, 4.69) is 11.0 Å². The predicted octanol–water partition coefficient (Wildman–Crippen LogP) is 1.63. The molecule has 0 spiro atoms. The van der Waals surface area contributed by atoms with E-state index in [-0.39, 0.29) is 12.1 Å². The molecule has 3 rings (SSSR count). The van der Waals surface area contributed by atoms with Crippen molar-refractivity contribution in [3.8, 4) is 6.07 Å². The largest absolute Gasteiger partial charge is 0.378 e. The van der Waals surface area contributed by atoms with Gasteiger partial charge in [0.25, 0.3) is 0 Å². The summed E-state index contributed by atoms with van der Waals surface area (Å²) in [6.45, 7) is 7.40. The molecule has 6 heteroatoms. The van der Waals surface area contributed by atoms with Crippen molar-refractivity contribution in [2.24, 2.45) is 0 Å². The standard InChI is InChI=1S/C18H24N4O2/c1-15-4-2-3-5-16(15)17(14-19)20-6-8-21(9-7-20)18(23)22-10-12-24-13-11-22/h2-5,17H,6-13H2,1H3. The summed E-state index contributed by atoms with van der Waals surface area (Å²) in [7, 11) is 0. The second-order valence-corrected chi connectivity index (χ2v) is 6.29. The molecular weight excluding hydrogens is 304 g/mol. The van der Waals surface area contributed by atoms with Crippen molar-refractivity contribution in [3.05, 3.63) is 35.4 Å². The zero-order valence-corrected chi connectivity index (χ0v) is 14.1. The molecule has 0 aliphatic carbocycles. The fourth-order valence-electron chi connectivity index (χ4n) is 3.37. The van der Waals surface area contributed by atoms with Gasteiger partial charge in [-0.3, -0.25) is 4.90 Å². The number of aryl methyl sites for hydroxylation is 1. The van der Waals surface area contributed by atoms with E-state index >= 15 is 0 Å². The Morgan fingerprint density at radius 2 is 1.71 bits per heavy atom. The van der Waals surface area contributed by atoms with Crippen LogP contribution in [0, 0.1) is 18.3 Å². The van der Waals surface area contributed by atoms with Gasteiger partial charge in [0.15, 0.2) is 0 Å². The first kappa shape index (κ1) is 16.7. The number of piperazine rings is 1. The van der Waals surface area contributed by atoms with Crippen LogP contribution in [0.2, 0.25) is 0 Å². The van der Waals surface area contributed by atoms with E-state index in [9.17, 15) is 10.1 Å². The highest BCUT2D eigenvalue weighted by Crippen LogP contribution is 2.24. The first-order valence-corrected chi connectivity index (χ1v) is 8.51.